The molecule has 0 aliphatic carbocycles. The number of hydrogen-bond acceptors (Lipinski definition) is 9. The molecule has 238 valence electrons. The van der Waals surface area contributed by atoms with Gasteiger partial charge in [0.2, 0.25) is 12.3 Å². The van der Waals surface area contributed by atoms with Gasteiger partial charge in [-0.1, -0.05) is 29.3 Å². The number of nitriles is 1. The third-order valence-corrected chi connectivity index (χ3v) is 9.28. The van der Waals surface area contributed by atoms with Crippen molar-refractivity contribution in [3.8, 4) is 22.9 Å². The number of amidine groups is 1. The number of carbonyl (C=O) groups is 1. The molecule has 3 atom stereocenters. The number of aliphatic hydroxyl groups excluding tert-OH is 1. The van der Waals surface area contributed by atoms with Crippen molar-refractivity contribution in [2.24, 2.45) is 4.99 Å². The van der Waals surface area contributed by atoms with E-state index < -0.39 is 12.2 Å². The summed E-state index contributed by atoms with van der Waals surface area (Å²) in [6.45, 7) is 4.64. The summed E-state index contributed by atoms with van der Waals surface area (Å²) in [5.74, 6) is 0.198. The van der Waals surface area contributed by atoms with Crippen LogP contribution in [0.1, 0.15) is 18.4 Å². The minimum atomic E-state index is -1.23. The van der Waals surface area contributed by atoms with Gasteiger partial charge in [-0.25, -0.2) is 9.38 Å². The van der Waals surface area contributed by atoms with Crippen LogP contribution in [0, 0.1) is 17.1 Å². The summed E-state index contributed by atoms with van der Waals surface area (Å²) in [7, 11) is 3.85. The number of hydrogen-bond donors (Lipinski definition) is 1. The summed E-state index contributed by atoms with van der Waals surface area (Å²) in [5.41, 5.74) is 1.79. The van der Waals surface area contributed by atoms with E-state index in [1.807, 2.05) is 34.9 Å². The zero-order chi connectivity index (χ0) is 31.8. The molecule has 4 heterocycles. The molecule has 1 N–H and O–H groups in total. The fourth-order valence-corrected chi connectivity index (χ4v) is 6.91. The van der Waals surface area contributed by atoms with Gasteiger partial charge in [0.15, 0.2) is 5.75 Å². The molecule has 0 spiro atoms. The van der Waals surface area contributed by atoms with Crippen molar-refractivity contribution >= 4 is 40.6 Å². The van der Waals surface area contributed by atoms with Gasteiger partial charge in [0.05, 0.1) is 35.3 Å². The van der Waals surface area contributed by atoms with Crippen molar-refractivity contribution in [1.29, 1.82) is 5.26 Å². The molecule has 45 heavy (non-hydrogen) atoms. The third-order valence-electron chi connectivity index (χ3n) is 8.74. The van der Waals surface area contributed by atoms with Gasteiger partial charge in [0.25, 0.3) is 0 Å². The Morgan fingerprint density at radius 3 is 2.71 bits per heavy atom. The molecule has 13 heteroatoms. The first-order chi connectivity index (χ1) is 21.7. The number of amides is 1. The number of nitrogens with zero attached hydrogens (tertiary/aromatic N) is 7. The lowest BCUT2D eigenvalue weighted by Gasteiger charge is -2.48. The van der Waals surface area contributed by atoms with E-state index in [1.54, 1.807) is 17.0 Å². The highest BCUT2D eigenvalue weighted by Gasteiger charge is 2.43. The topological polar surface area (TPSA) is 98.9 Å². The van der Waals surface area contributed by atoms with Gasteiger partial charge in [-0.2, -0.15) is 5.26 Å². The molecule has 6 rings (SSSR count). The average molecular weight is 657 g/mol. The van der Waals surface area contributed by atoms with E-state index >= 15 is 4.39 Å². The summed E-state index contributed by atoms with van der Waals surface area (Å²) >= 11 is 13.2. The molecule has 0 bridgehead atoms. The van der Waals surface area contributed by atoms with Crippen molar-refractivity contribution in [1.82, 2.24) is 19.6 Å². The molecule has 0 radical (unpaired) electrons. The number of halogens is 3. The smallest absolute Gasteiger partial charge is 0.246 e. The largest absolute Gasteiger partial charge is 0.488 e. The lowest BCUT2D eigenvalue weighted by molar-refractivity contribution is -0.130. The normalized spacial score (nSPS) is 23.0. The predicted octanol–water partition coefficient (Wildman–Crippen LogP) is 3.65. The van der Waals surface area contributed by atoms with E-state index in [1.165, 1.54) is 18.2 Å². The van der Waals surface area contributed by atoms with Crippen LogP contribution in [-0.4, -0.2) is 121 Å². The zero-order valence-electron chi connectivity index (χ0n) is 25.3. The maximum absolute atomic E-state index is 15.2. The molecule has 2 fully saturated rings. The quantitative estimate of drug-likeness (QED) is 0.452. The van der Waals surface area contributed by atoms with Crippen LogP contribution in [-0.2, 0) is 4.79 Å². The van der Waals surface area contributed by atoms with Crippen LogP contribution < -0.4 is 9.64 Å². The number of anilines is 1. The Morgan fingerprint density at radius 1 is 1.20 bits per heavy atom. The Kier molecular flexibility index (Phi) is 9.22. The van der Waals surface area contributed by atoms with Gasteiger partial charge < -0.3 is 34.3 Å². The van der Waals surface area contributed by atoms with E-state index in [2.05, 4.69) is 11.0 Å². The van der Waals surface area contributed by atoms with Crippen molar-refractivity contribution in [2.75, 3.05) is 71.4 Å². The van der Waals surface area contributed by atoms with Crippen LogP contribution in [0.4, 0.5) is 10.1 Å². The fraction of sp³-hybridized carbons (Fsp3) is 0.469. The minimum Gasteiger partial charge on any atom is -0.488 e. The number of aliphatic hydroxyl groups is 1. The van der Waals surface area contributed by atoms with Crippen molar-refractivity contribution < 1.29 is 19.0 Å². The fourth-order valence-electron chi connectivity index (χ4n) is 6.44. The van der Waals surface area contributed by atoms with E-state index in [0.29, 0.717) is 66.1 Å². The highest BCUT2D eigenvalue weighted by Crippen LogP contribution is 2.51. The van der Waals surface area contributed by atoms with Crippen LogP contribution in [0.3, 0.4) is 0 Å². The van der Waals surface area contributed by atoms with Gasteiger partial charge in [-0.3, -0.25) is 4.79 Å². The molecule has 4 aliphatic heterocycles. The lowest BCUT2D eigenvalue weighted by Crippen LogP contribution is -2.60. The summed E-state index contributed by atoms with van der Waals surface area (Å²) < 4.78 is 21.6. The van der Waals surface area contributed by atoms with Crippen molar-refractivity contribution in [3.63, 3.8) is 0 Å². The molecule has 0 aromatic heterocycles. The highest BCUT2D eigenvalue weighted by atomic mass is 35.5. The number of aliphatic imine (C=N–C) groups is 1. The van der Waals surface area contributed by atoms with E-state index in [0.717, 1.165) is 19.5 Å². The maximum atomic E-state index is 15.2. The van der Waals surface area contributed by atoms with E-state index in [4.69, 9.17) is 32.9 Å². The Balaban J connectivity index is 1.39. The van der Waals surface area contributed by atoms with E-state index in [-0.39, 0.29) is 41.6 Å². The number of likely N-dealkylation sites (N-methyl/N-ethyl adjacent to an activating group) is 1. The molecule has 2 aromatic rings. The van der Waals surface area contributed by atoms with Crippen molar-refractivity contribution in [2.45, 2.75) is 31.3 Å². The van der Waals surface area contributed by atoms with Crippen LogP contribution in [0.5, 0.6) is 5.75 Å². The SMILES string of the molecule is CN(C)C/C=C/C(=O)N1CCN(C2=NC(O)N3c4c2cc(Cl)c(-c2cc(Cl)ccc2F)c4OCC3CN2CCC2)C[C@@H]1CC#N. The van der Waals surface area contributed by atoms with Crippen LogP contribution in [0.25, 0.3) is 11.1 Å². The second kappa shape index (κ2) is 13.1. The number of piperazine rings is 1. The Labute approximate surface area is 272 Å². The van der Waals surface area contributed by atoms with Crippen LogP contribution in [0.15, 0.2) is 41.4 Å². The second-order valence-electron chi connectivity index (χ2n) is 12.1. The third kappa shape index (κ3) is 6.22. The Morgan fingerprint density at radius 2 is 2.00 bits per heavy atom. The number of benzene rings is 2. The van der Waals surface area contributed by atoms with Crippen molar-refractivity contribution in [3.05, 3.63) is 57.8 Å². The first kappa shape index (κ1) is 31.6. The molecule has 0 saturated carbocycles. The molecule has 2 unspecified atom stereocenters. The van der Waals surface area contributed by atoms with Gasteiger partial charge in [0.1, 0.15) is 18.3 Å². The Hall–Kier alpha value is -3.40. The number of ether oxygens (including phenoxy) is 1. The highest BCUT2D eigenvalue weighted by molar-refractivity contribution is 6.35. The zero-order valence-corrected chi connectivity index (χ0v) is 26.8. The molecule has 4 aliphatic rings. The first-order valence-electron chi connectivity index (χ1n) is 15.1. The average Bonchev–Trinajstić information content (AvgIpc) is 2.98. The van der Waals surface area contributed by atoms with E-state index in [9.17, 15) is 15.2 Å². The van der Waals surface area contributed by atoms with Gasteiger partial charge >= 0.3 is 0 Å². The van der Waals surface area contributed by atoms with Gasteiger partial charge in [0, 0.05) is 60.5 Å². The summed E-state index contributed by atoms with van der Waals surface area (Å²) in [6.07, 6.45) is 3.39. The van der Waals surface area contributed by atoms with Gasteiger partial charge in [-0.15, -0.1) is 0 Å². The molecule has 2 aromatic carbocycles. The first-order valence-corrected chi connectivity index (χ1v) is 15.9. The summed E-state index contributed by atoms with van der Waals surface area (Å²) in [5, 5.41) is 21.8. The molecule has 10 nitrogen and oxygen atoms in total. The molecular formula is C32H36Cl2FN7O3. The second-order valence-corrected chi connectivity index (χ2v) is 12.9. The van der Waals surface area contributed by atoms with Crippen LogP contribution in [0.2, 0.25) is 10.0 Å². The number of carbonyl (C=O) groups excluding carboxylic acids is 1. The molecule has 1 amide bonds. The molecular weight excluding hydrogens is 620 g/mol. The minimum absolute atomic E-state index is 0.137. The van der Waals surface area contributed by atoms with Crippen LogP contribution >= 0.6 is 23.2 Å². The standard InChI is InChI=1S/C32H36Cl2FN7O3/c1-38(2)10-3-5-27(43)41-14-13-40(18-21(41)8-9-36)31-24-16-25(34)28(23-15-20(33)6-7-26(23)35)30-29(24)42(32(44)37-31)22(19-45-30)17-39-11-4-12-39/h3,5-7,15-16,21-22,32,44H,4,8,10-14,17-19H2,1-2H3/b5-3+/t21-,22?,32?/m0/s1. The molecule has 2 saturated heterocycles. The number of likely N-dealkylation sites (tertiary alicyclic amines) is 1. The van der Waals surface area contributed by atoms with Gasteiger partial charge in [-0.05, 0) is 57.9 Å². The lowest BCUT2D eigenvalue weighted by atomic mass is 9.94. The number of rotatable bonds is 7. The predicted molar refractivity (Wildman–Crippen MR) is 172 cm³/mol. The Bertz CT molecular complexity index is 1570. The summed E-state index contributed by atoms with van der Waals surface area (Å²) in [4.78, 5) is 27.7. The maximum Gasteiger partial charge on any atom is 0.246 e. The monoisotopic (exact) mass is 655 g/mol. The summed E-state index contributed by atoms with van der Waals surface area (Å²) in [6, 6.07) is 7.65.